The molecule has 1 aromatic heterocycles. The first-order chi connectivity index (χ1) is 16.2. The van der Waals surface area contributed by atoms with Crippen LogP contribution in [0.4, 0.5) is 0 Å². The summed E-state index contributed by atoms with van der Waals surface area (Å²) in [7, 11) is -0.419. The van der Waals surface area contributed by atoms with Crippen LogP contribution in [0.3, 0.4) is 0 Å². The molecule has 0 N–H and O–H groups in total. The summed E-state index contributed by atoms with van der Waals surface area (Å²) in [6.45, 7) is 8.37. The Hall–Kier alpha value is -3.35. The van der Waals surface area contributed by atoms with E-state index in [0.717, 1.165) is 16.6 Å². The van der Waals surface area contributed by atoms with Gasteiger partial charge in [-0.1, -0.05) is 66.7 Å². The van der Waals surface area contributed by atoms with Gasteiger partial charge in [0.15, 0.2) is 5.76 Å². The van der Waals surface area contributed by atoms with Crippen LogP contribution in [0.2, 0.25) is 0 Å². The Morgan fingerprint density at radius 3 is 2.09 bits per heavy atom. The predicted molar refractivity (Wildman–Crippen MR) is 134 cm³/mol. The Kier molecular flexibility index (Phi) is 5.58. The SMILES string of the molecule is CC1(C)OB(c2ccc(COc3c(-c4ccccc4)oc4ccccc4c3=O)cc2)OC1(C)C. The van der Waals surface area contributed by atoms with E-state index in [0.29, 0.717) is 16.7 Å². The quantitative estimate of drug-likeness (QED) is 0.381. The molecule has 172 valence electrons. The molecule has 1 aliphatic rings. The molecule has 0 saturated carbocycles. The lowest BCUT2D eigenvalue weighted by Crippen LogP contribution is -2.41. The molecule has 1 saturated heterocycles. The van der Waals surface area contributed by atoms with E-state index in [1.54, 1.807) is 12.1 Å². The fourth-order valence-corrected chi connectivity index (χ4v) is 3.94. The van der Waals surface area contributed by atoms with Crippen molar-refractivity contribution in [3.63, 3.8) is 0 Å². The molecule has 0 atom stereocenters. The molecule has 6 heteroatoms. The molecule has 2 heterocycles. The average Bonchev–Trinajstić information content (AvgIpc) is 3.06. The lowest BCUT2D eigenvalue weighted by molar-refractivity contribution is 0.00578. The molecular formula is C28H27BO5. The molecule has 4 aromatic rings. The summed E-state index contributed by atoms with van der Waals surface area (Å²) in [4.78, 5) is 13.3. The van der Waals surface area contributed by atoms with Crippen molar-refractivity contribution in [2.24, 2.45) is 0 Å². The number of ether oxygens (including phenoxy) is 1. The van der Waals surface area contributed by atoms with Gasteiger partial charge in [0.25, 0.3) is 0 Å². The Morgan fingerprint density at radius 2 is 1.41 bits per heavy atom. The molecule has 34 heavy (non-hydrogen) atoms. The van der Waals surface area contributed by atoms with Crippen LogP contribution in [0.25, 0.3) is 22.3 Å². The molecule has 0 bridgehead atoms. The maximum Gasteiger partial charge on any atom is 0.494 e. The normalized spacial score (nSPS) is 16.6. The van der Waals surface area contributed by atoms with E-state index in [1.807, 2.05) is 94.4 Å². The standard InChI is InChI=1S/C28H27BO5/c1-27(2)28(3,4)34-29(33-27)21-16-14-19(15-17-21)18-31-26-24(30)22-12-8-9-13-23(22)32-25(26)20-10-6-5-7-11-20/h5-17H,18H2,1-4H3. The molecule has 5 nitrogen and oxygen atoms in total. The van der Waals surface area contributed by atoms with Gasteiger partial charge in [-0.05, 0) is 50.9 Å². The van der Waals surface area contributed by atoms with Gasteiger partial charge in [0.05, 0.1) is 16.6 Å². The van der Waals surface area contributed by atoms with Crippen molar-refractivity contribution < 1.29 is 18.5 Å². The second-order valence-electron chi connectivity index (χ2n) is 9.57. The monoisotopic (exact) mass is 454 g/mol. The third-order valence-corrected chi connectivity index (χ3v) is 6.68. The summed E-state index contributed by atoms with van der Waals surface area (Å²) >= 11 is 0. The minimum atomic E-state index is -0.419. The van der Waals surface area contributed by atoms with Crippen LogP contribution in [0.5, 0.6) is 5.75 Å². The van der Waals surface area contributed by atoms with Gasteiger partial charge < -0.3 is 18.5 Å². The third-order valence-electron chi connectivity index (χ3n) is 6.68. The highest BCUT2D eigenvalue weighted by molar-refractivity contribution is 6.62. The first-order valence-electron chi connectivity index (χ1n) is 11.4. The van der Waals surface area contributed by atoms with Crippen LogP contribution in [0.15, 0.2) is 88.1 Å². The van der Waals surface area contributed by atoms with Crippen molar-refractivity contribution in [2.75, 3.05) is 0 Å². The molecule has 0 radical (unpaired) electrons. The number of hydrogen-bond donors (Lipinski definition) is 0. The zero-order valence-corrected chi connectivity index (χ0v) is 19.8. The van der Waals surface area contributed by atoms with Crippen LogP contribution in [0, 0.1) is 0 Å². The molecule has 0 amide bonds. The van der Waals surface area contributed by atoms with Crippen LogP contribution < -0.4 is 15.6 Å². The van der Waals surface area contributed by atoms with Gasteiger partial charge in [0.2, 0.25) is 11.2 Å². The van der Waals surface area contributed by atoms with Crippen molar-refractivity contribution in [3.8, 4) is 17.1 Å². The summed E-state index contributed by atoms with van der Waals surface area (Å²) in [5.74, 6) is 0.637. The minimum absolute atomic E-state index is 0.186. The Bertz CT molecular complexity index is 1360. The molecule has 3 aromatic carbocycles. The van der Waals surface area contributed by atoms with Gasteiger partial charge in [-0.3, -0.25) is 4.79 Å². The largest absolute Gasteiger partial charge is 0.494 e. The van der Waals surface area contributed by atoms with Gasteiger partial charge in [-0.15, -0.1) is 0 Å². The van der Waals surface area contributed by atoms with Crippen LogP contribution >= 0.6 is 0 Å². The minimum Gasteiger partial charge on any atom is -0.481 e. The number of rotatable bonds is 5. The van der Waals surface area contributed by atoms with Gasteiger partial charge in [0.1, 0.15) is 12.2 Å². The average molecular weight is 454 g/mol. The molecule has 0 aliphatic carbocycles. The van der Waals surface area contributed by atoms with Crippen molar-refractivity contribution in [1.82, 2.24) is 0 Å². The molecule has 1 aliphatic heterocycles. The van der Waals surface area contributed by atoms with E-state index in [2.05, 4.69) is 0 Å². The highest BCUT2D eigenvalue weighted by Gasteiger charge is 2.51. The van der Waals surface area contributed by atoms with Crippen molar-refractivity contribution in [1.29, 1.82) is 0 Å². The zero-order chi connectivity index (χ0) is 23.9. The smallest absolute Gasteiger partial charge is 0.481 e. The third kappa shape index (κ3) is 4.04. The summed E-state index contributed by atoms with van der Waals surface area (Å²) < 4.78 is 24.5. The Morgan fingerprint density at radius 1 is 0.794 bits per heavy atom. The highest BCUT2D eigenvalue weighted by Crippen LogP contribution is 2.36. The van der Waals surface area contributed by atoms with Gasteiger partial charge in [-0.2, -0.15) is 0 Å². The first-order valence-corrected chi connectivity index (χ1v) is 11.4. The van der Waals surface area contributed by atoms with Crippen LogP contribution in [-0.4, -0.2) is 18.3 Å². The first kappa shape index (κ1) is 22.4. The number of benzene rings is 3. The van der Waals surface area contributed by atoms with Crippen LogP contribution in [-0.2, 0) is 15.9 Å². The number of fused-ring (bicyclic) bond motifs is 1. The van der Waals surface area contributed by atoms with Crippen LogP contribution in [0.1, 0.15) is 33.3 Å². The fourth-order valence-electron chi connectivity index (χ4n) is 3.94. The molecule has 1 fully saturated rings. The van der Waals surface area contributed by atoms with Gasteiger partial charge in [0, 0.05) is 5.56 Å². The van der Waals surface area contributed by atoms with E-state index < -0.39 is 18.3 Å². The van der Waals surface area contributed by atoms with E-state index >= 15 is 0 Å². The van der Waals surface area contributed by atoms with E-state index in [-0.39, 0.29) is 17.8 Å². The Labute approximate surface area is 199 Å². The maximum absolute atomic E-state index is 13.3. The molecule has 5 rings (SSSR count). The summed E-state index contributed by atoms with van der Waals surface area (Å²) in [6, 6.07) is 24.6. The molecular weight excluding hydrogens is 427 g/mol. The predicted octanol–water partition coefficient (Wildman–Crippen LogP) is 5.34. The lowest BCUT2D eigenvalue weighted by Gasteiger charge is -2.32. The zero-order valence-electron chi connectivity index (χ0n) is 19.8. The summed E-state index contributed by atoms with van der Waals surface area (Å²) in [5.41, 5.74) is 2.22. The second-order valence-corrected chi connectivity index (χ2v) is 9.57. The molecule has 0 spiro atoms. The van der Waals surface area contributed by atoms with Gasteiger partial charge >= 0.3 is 7.12 Å². The van der Waals surface area contributed by atoms with E-state index in [1.165, 1.54) is 0 Å². The van der Waals surface area contributed by atoms with Crippen molar-refractivity contribution >= 4 is 23.6 Å². The van der Waals surface area contributed by atoms with Crippen molar-refractivity contribution in [3.05, 3.63) is 94.6 Å². The second kappa shape index (κ2) is 8.46. The summed E-state index contributed by atoms with van der Waals surface area (Å²) in [5, 5.41) is 0.494. The fraction of sp³-hybridized carbons (Fsp3) is 0.250. The number of hydrogen-bond acceptors (Lipinski definition) is 5. The number of para-hydroxylation sites is 1. The topological polar surface area (TPSA) is 57.9 Å². The summed E-state index contributed by atoms with van der Waals surface area (Å²) in [6.07, 6.45) is 0. The maximum atomic E-state index is 13.3. The van der Waals surface area contributed by atoms with E-state index in [9.17, 15) is 4.79 Å². The van der Waals surface area contributed by atoms with Crippen molar-refractivity contribution in [2.45, 2.75) is 45.5 Å². The lowest BCUT2D eigenvalue weighted by atomic mass is 9.79. The molecule has 0 unspecified atom stereocenters. The van der Waals surface area contributed by atoms with Gasteiger partial charge in [-0.25, -0.2) is 0 Å². The highest BCUT2D eigenvalue weighted by atomic mass is 16.7. The van der Waals surface area contributed by atoms with E-state index in [4.69, 9.17) is 18.5 Å². The Balaban J connectivity index is 1.41.